The van der Waals surface area contributed by atoms with Crippen LogP contribution in [-0.2, 0) is 11.2 Å². The summed E-state index contributed by atoms with van der Waals surface area (Å²) >= 11 is 5.79. The number of nitrogens with one attached hydrogen (secondary N) is 1. The van der Waals surface area contributed by atoms with E-state index in [-0.39, 0.29) is 6.61 Å². The third kappa shape index (κ3) is 5.38. The van der Waals surface area contributed by atoms with Crippen molar-refractivity contribution < 1.29 is 19.4 Å². The van der Waals surface area contributed by atoms with Crippen LogP contribution in [-0.4, -0.2) is 31.3 Å². The maximum atomic E-state index is 12.0. The molecule has 0 fully saturated rings. The fraction of sp³-hybridized carbons (Fsp3) is 0.263. The molecule has 6 nitrogen and oxygen atoms in total. The van der Waals surface area contributed by atoms with Crippen LogP contribution in [0.3, 0.4) is 0 Å². The number of ether oxygens (including phenoxy) is 2. The minimum absolute atomic E-state index is 0.0612. The lowest BCUT2D eigenvalue weighted by Crippen LogP contribution is -2.30. The molecule has 2 rings (SSSR count). The first-order valence-electron chi connectivity index (χ1n) is 7.93. The molecule has 1 atom stereocenters. The highest BCUT2D eigenvalue weighted by Crippen LogP contribution is 2.28. The van der Waals surface area contributed by atoms with Crippen LogP contribution in [0, 0.1) is 11.3 Å². The molecule has 1 unspecified atom stereocenters. The molecule has 0 spiro atoms. The molecular formula is C19H19ClN2O4. The van der Waals surface area contributed by atoms with Crippen LogP contribution >= 0.6 is 11.6 Å². The van der Waals surface area contributed by atoms with E-state index in [0.717, 1.165) is 5.56 Å². The van der Waals surface area contributed by atoms with Crippen molar-refractivity contribution in [3.8, 4) is 17.6 Å². The molecule has 7 heteroatoms. The number of amides is 1. The van der Waals surface area contributed by atoms with E-state index in [1.54, 1.807) is 36.4 Å². The minimum atomic E-state index is -1.25. The van der Waals surface area contributed by atoms with Crippen molar-refractivity contribution in [3.05, 3.63) is 58.6 Å². The number of carbonyl (C=O) groups excluding carboxylic acids is 1. The number of nitriles is 1. The van der Waals surface area contributed by atoms with Crippen molar-refractivity contribution in [3.63, 3.8) is 0 Å². The number of hydrogen-bond acceptors (Lipinski definition) is 5. The van der Waals surface area contributed by atoms with Crippen LogP contribution in [0.15, 0.2) is 42.5 Å². The molecule has 0 aliphatic rings. The van der Waals surface area contributed by atoms with E-state index in [1.807, 2.05) is 12.1 Å². The van der Waals surface area contributed by atoms with Gasteiger partial charge in [-0.2, -0.15) is 5.26 Å². The Morgan fingerprint density at radius 2 is 2.00 bits per heavy atom. The van der Waals surface area contributed by atoms with Gasteiger partial charge in [-0.15, -0.1) is 0 Å². The molecule has 0 saturated heterocycles. The van der Waals surface area contributed by atoms with E-state index >= 15 is 0 Å². The fourth-order valence-corrected chi connectivity index (χ4v) is 2.45. The Kier molecular flexibility index (Phi) is 7.27. The average molecular weight is 375 g/mol. The van der Waals surface area contributed by atoms with Crippen molar-refractivity contribution in [2.75, 3.05) is 20.3 Å². The van der Waals surface area contributed by atoms with Crippen LogP contribution in [0.25, 0.3) is 0 Å². The summed E-state index contributed by atoms with van der Waals surface area (Å²) in [6, 6.07) is 13.7. The number of nitrogens with zero attached hydrogens (tertiary/aromatic N) is 1. The van der Waals surface area contributed by atoms with Crippen molar-refractivity contribution in [2.24, 2.45) is 0 Å². The normalized spacial score (nSPS) is 11.3. The molecule has 0 saturated carbocycles. The van der Waals surface area contributed by atoms with E-state index < -0.39 is 12.0 Å². The largest absolute Gasteiger partial charge is 0.493 e. The molecule has 0 aromatic heterocycles. The Morgan fingerprint density at radius 1 is 1.27 bits per heavy atom. The number of rotatable bonds is 8. The first-order valence-corrected chi connectivity index (χ1v) is 8.31. The summed E-state index contributed by atoms with van der Waals surface area (Å²) in [5, 5.41) is 21.9. The van der Waals surface area contributed by atoms with E-state index in [1.165, 1.54) is 7.11 Å². The first kappa shape index (κ1) is 19.6. The van der Waals surface area contributed by atoms with Gasteiger partial charge in [0.25, 0.3) is 5.91 Å². The van der Waals surface area contributed by atoms with Gasteiger partial charge < -0.3 is 19.9 Å². The molecule has 136 valence electrons. The number of methoxy groups -OCH3 is 1. The summed E-state index contributed by atoms with van der Waals surface area (Å²) in [7, 11) is 1.52. The number of aliphatic hydroxyl groups is 1. The van der Waals surface area contributed by atoms with Gasteiger partial charge >= 0.3 is 0 Å². The van der Waals surface area contributed by atoms with Gasteiger partial charge in [0.05, 0.1) is 7.11 Å². The summed E-state index contributed by atoms with van der Waals surface area (Å²) < 4.78 is 10.5. The zero-order chi connectivity index (χ0) is 18.9. The van der Waals surface area contributed by atoms with Crippen molar-refractivity contribution >= 4 is 17.5 Å². The number of hydrogen-bond donors (Lipinski definition) is 2. The van der Waals surface area contributed by atoms with Crippen LogP contribution in [0.1, 0.15) is 17.2 Å². The van der Waals surface area contributed by atoms with Crippen molar-refractivity contribution in [1.82, 2.24) is 5.32 Å². The van der Waals surface area contributed by atoms with E-state index in [9.17, 15) is 9.90 Å². The van der Waals surface area contributed by atoms with Crippen LogP contribution < -0.4 is 14.8 Å². The van der Waals surface area contributed by atoms with Gasteiger partial charge in [-0.1, -0.05) is 29.8 Å². The average Bonchev–Trinajstić information content (AvgIpc) is 2.66. The lowest BCUT2D eigenvalue weighted by atomic mass is 10.1. The second-order valence-electron chi connectivity index (χ2n) is 5.43. The summed E-state index contributed by atoms with van der Waals surface area (Å²) in [5.74, 6) is 0.526. The Labute approximate surface area is 156 Å². The molecule has 26 heavy (non-hydrogen) atoms. The smallest absolute Gasteiger partial charge is 0.253 e. The number of aliphatic hydroxyl groups excluding tert-OH is 1. The number of benzene rings is 2. The van der Waals surface area contributed by atoms with Crippen molar-refractivity contribution in [1.29, 1.82) is 5.26 Å². The monoisotopic (exact) mass is 374 g/mol. The Morgan fingerprint density at radius 3 is 2.65 bits per heavy atom. The fourth-order valence-electron chi connectivity index (χ4n) is 2.32. The van der Waals surface area contributed by atoms with Crippen LogP contribution in [0.5, 0.6) is 11.5 Å². The second-order valence-corrected chi connectivity index (χ2v) is 5.86. The van der Waals surface area contributed by atoms with Gasteiger partial charge in [-0.25, -0.2) is 0 Å². The maximum Gasteiger partial charge on any atom is 0.253 e. The zero-order valence-corrected chi connectivity index (χ0v) is 15.0. The Balaban J connectivity index is 1.89. The molecule has 1 amide bonds. The molecule has 0 aliphatic carbocycles. The van der Waals surface area contributed by atoms with Crippen LogP contribution in [0.2, 0.25) is 5.02 Å². The second kappa shape index (κ2) is 9.66. The van der Waals surface area contributed by atoms with E-state index in [0.29, 0.717) is 35.1 Å². The Hall–Kier alpha value is -2.75. The molecule has 2 aromatic rings. The zero-order valence-electron chi connectivity index (χ0n) is 14.2. The molecule has 0 bridgehead atoms. The lowest BCUT2D eigenvalue weighted by molar-refractivity contribution is -0.129. The molecule has 0 aliphatic heterocycles. The topological polar surface area (TPSA) is 91.6 Å². The van der Waals surface area contributed by atoms with Gasteiger partial charge in [0, 0.05) is 11.6 Å². The van der Waals surface area contributed by atoms with Crippen LogP contribution in [0.4, 0.5) is 0 Å². The van der Waals surface area contributed by atoms with Gasteiger partial charge in [0.1, 0.15) is 6.07 Å². The molecule has 0 radical (unpaired) electrons. The lowest BCUT2D eigenvalue weighted by Gasteiger charge is -2.13. The minimum Gasteiger partial charge on any atom is -0.493 e. The summed E-state index contributed by atoms with van der Waals surface area (Å²) in [5.41, 5.74) is 1.40. The van der Waals surface area contributed by atoms with Gasteiger partial charge in [-0.3, -0.25) is 4.79 Å². The predicted molar refractivity (Wildman–Crippen MR) is 97.2 cm³/mol. The molecule has 0 heterocycles. The van der Waals surface area contributed by atoms with E-state index in [4.69, 9.17) is 26.3 Å². The third-order valence-corrected chi connectivity index (χ3v) is 3.92. The third-order valence-electron chi connectivity index (χ3n) is 3.67. The summed E-state index contributed by atoms with van der Waals surface area (Å²) in [6.45, 7) is 0.291. The molecule has 2 aromatic carbocycles. The number of halogens is 1. The standard InChI is InChI=1S/C19H19ClN2O4/c1-25-17-12-13(2-7-16(17)26-11-9-21)8-10-22-19(24)18(23)14-3-5-15(20)6-4-14/h2-7,12,18,23H,8,10-11H2,1H3,(H,22,24). The summed E-state index contributed by atoms with van der Waals surface area (Å²) in [4.78, 5) is 12.0. The van der Waals surface area contributed by atoms with Gasteiger partial charge in [0.2, 0.25) is 0 Å². The highest BCUT2D eigenvalue weighted by Gasteiger charge is 2.16. The highest BCUT2D eigenvalue weighted by atomic mass is 35.5. The van der Waals surface area contributed by atoms with Gasteiger partial charge in [-0.05, 0) is 41.8 Å². The van der Waals surface area contributed by atoms with Gasteiger partial charge in [0.15, 0.2) is 24.2 Å². The highest BCUT2D eigenvalue weighted by molar-refractivity contribution is 6.30. The molecular weight excluding hydrogens is 356 g/mol. The Bertz CT molecular complexity index is 787. The summed E-state index contributed by atoms with van der Waals surface area (Å²) in [6.07, 6.45) is -0.697. The molecule has 2 N–H and O–H groups in total. The van der Waals surface area contributed by atoms with E-state index in [2.05, 4.69) is 5.32 Å². The predicted octanol–water partition coefficient (Wildman–Crippen LogP) is 2.64. The maximum absolute atomic E-state index is 12.0. The SMILES string of the molecule is COc1cc(CCNC(=O)C(O)c2ccc(Cl)cc2)ccc1OCC#N. The number of carbonyl (C=O) groups is 1. The van der Waals surface area contributed by atoms with Crippen molar-refractivity contribution in [2.45, 2.75) is 12.5 Å². The quantitative estimate of drug-likeness (QED) is 0.741. The first-order chi connectivity index (χ1) is 12.5.